The minimum absolute atomic E-state index is 0.0129. The molecule has 2 aliphatic heterocycles. The molecule has 2 atom stereocenters. The maximum atomic E-state index is 13.4. The first-order chi connectivity index (χ1) is 16.5. The van der Waals surface area contributed by atoms with Gasteiger partial charge in [0, 0.05) is 31.9 Å². The summed E-state index contributed by atoms with van der Waals surface area (Å²) in [5.41, 5.74) is 0.526. The molecular weight excluding hydrogens is 438 g/mol. The highest BCUT2D eigenvalue weighted by atomic mass is 16.3. The summed E-state index contributed by atoms with van der Waals surface area (Å²) in [5.74, 6) is -0.389. The predicted octanol–water partition coefficient (Wildman–Crippen LogP) is 1.51. The number of likely N-dealkylation sites (tertiary alicyclic amines) is 2. The van der Waals surface area contributed by atoms with Crippen molar-refractivity contribution in [2.75, 3.05) is 19.6 Å². The Hall–Kier alpha value is -4.21. The van der Waals surface area contributed by atoms with Gasteiger partial charge in [0.1, 0.15) is 5.58 Å². The number of nitrogens with one attached hydrogen (secondary N) is 1. The zero-order valence-electron chi connectivity index (χ0n) is 18.1. The van der Waals surface area contributed by atoms with Gasteiger partial charge in [-0.2, -0.15) is 5.10 Å². The second-order valence-electron chi connectivity index (χ2n) is 8.82. The van der Waals surface area contributed by atoms with Crippen LogP contribution in [0.25, 0.3) is 16.6 Å². The lowest BCUT2D eigenvalue weighted by molar-refractivity contribution is 0.0534. The van der Waals surface area contributed by atoms with Gasteiger partial charge in [-0.05, 0) is 43.0 Å². The van der Waals surface area contributed by atoms with Gasteiger partial charge in [-0.15, -0.1) is 0 Å². The number of aromatic nitrogens is 3. The summed E-state index contributed by atoms with van der Waals surface area (Å²) in [5, 5.41) is 6.67. The number of fused-ring (bicyclic) bond motifs is 3. The summed E-state index contributed by atoms with van der Waals surface area (Å²) in [7, 11) is 0. The number of para-hydroxylation sites is 1. The molecule has 34 heavy (non-hydrogen) atoms. The van der Waals surface area contributed by atoms with Gasteiger partial charge in [0.15, 0.2) is 16.8 Å². The fourth-order valence-corrected chi connectivity index (χ4v) is 5.16. The van der Waals surface area contributed by atoms with E-state index in [0.717, 1.165) is 12.8 Å². The Morgan fingerprint density at radius 3 is 2.79 bits per heavy atom. The molecule has 4 aromatic rings. The normalized spacial score (nSPS) is 20.1. The minimum Gasteiger partial charge on any atom is -0.451 e. The number of aromatic amines is 1. The lowest BCUT2D eigenvalue weighted by Crippen LogP contribution is -2.48. The number of pyridine rings is 1. The third-order valence-corrected chi connectivity index (χ3v) is 6.83. The Balaban J connectivity index is 1.27. The van der Waals surface area contributed by atoms with Crippen molar-refractivity contribution in [1.82, 2.24) is 24.4 Å². The third-order valence-electron chi connectivity index (χ3n) is 6.83. The van der Waals surface area contributed by atoms with E-state index in [2.05, 4.69) is 10.2 Å². The molecule has 0 unspecified atom stereocenters. The Morgan fingerprint density at radius 1 is 1.06 bits per heavy atom. The number of amides is 2. The molecule has 2 fully saturated rings. The maximum absolute atomic E-state index is 13.4. The van der Waals surface area contributed by atoms with Crippen molar-refractivity contribution < 1.29 is 14.0 Å². The van der Waals surface area contributed by atoms with Gasteiger partial charge >= 0.3 is 5.69 Å². The van der Waals surface area contributed by atoms with Gasteiger partial charge in [-0.25, -0.2) is 14.3 Å². The molecule has 0 saturated carbocycles. The Kier molecular flexibility index (Phi) is 4.61. The molecule has 2 saturated heterocycles. The van der Waals surface area contributed by atoms with Crippen LogP contribution in [0.4, 0.5) is 0 Å². The summed E-state index contributed by atoms with van der Waals surface area (Å²) in [4.78, 5) is 54.4. The van der Waals surface area contributed by atoms with Crippen molar-refractivity contribution >= 4 is 28.4 Å². The van der Waals surface area contributed by atoms with Crippen LogP contribution in [0.1, 0.15) is 33.8 Å². The Labute approximate surface area is 192 Å². The van der Waals surface area contributed by atoms with Crippen LogP contribution in [0.15, 0.2) is 62.7 Å². The molecule has 1 N–H and O–H groups in total. The van der Waals surface area contributed by atoms with E-state index in [1.807, 2.05) is 0 Å². The van der Waals surface area contributed by atoms with Gasteiger partial charge in [0.05, 0.1) is 17.0 Å². The van der Waals surface area contributed by atoms with Crippen molar-refractivity contribution in [3.05, 3.63) is 80.7 Å². The number of benzene rings is 1. The highest BCUT2D eigenvalue weighted by Gasteiger charge is 2.43. The van der Waals surface area contributed by atoms with Gasteiger partial charge in [-0.1, -0.05) is 12.1 Å². The van der Waals surface area contributed by atoms with Crippen LogP contribution >= 0.6 is 0 Å². The Morgan fingerprint density at radius 2 is 1.91 bits per heavy atom. The average molecular weight is 459 g/mol. The summed E-state index contributed by atoms with van der Waals surface area (Å²) in [6.07, 6.45) is 3.20. The molecule has 0 radical (unpaired) electrons. The van der Waals surface area contributed by atoms with Crippen LogP contribution in [-0.4, -0.2) is 61.9 Å². The quantitative estimate of drug-likeness (QED) is 0.485. The SMILES string of the molecule is O=C(c1ccc2n[nH]c(=O)n2c1)N1C[C@@H]2CCCN(C(=O)c3cc(=O)c4ccccc4o3)[C@@H]2C1. The lowest BCUT2D eigenvalue weighted by atomic mass is 9.92. The standard InChI is InChI=1S/C24H21N5O5/c30-18-10-20(34-19-6-2-1-5-16(18)19)23(32)28-9-3-4-14-11-27(13-17(14)28)22(31)15-7-8-21-25-26-24(33)29(21)12-15/h1-2,5-8,10,12,14,17H,3-4,9,11,13H2,(H,26,33)/t14-,17+/m0/s1. The van der Waals surface area contributed by atoms with E-state index in [-0.39, 0.29) is 35.0 Å². The van der Waals surface area contributed by atoms with Gasteiger partial charge < -0.3 is 14.2 Å². The molecule has 1 aromatic carbocycles. The van der Waals surface area contributed by atoms with Crippen molar-refractivity contribution in [3.8, 4) is 0 Å². The van der Waals surface area contributed by atoms with E-state index >= 15 is 0 Å². The van der Waals surface area contributed by atoms with Crippen LogP contribution in [0.5, 0.6) is 0 Å². The summed E-state index contributed by atoms with van der Waals surface area (Å²) in [6, 6.07) is 11.2. The summed E-state index contributed by atoms with van der Waals surface area (Å²) < 4.78 is 7.08. The first-order valence-corrected chi connectivity index (χ1v) is 11.2. The Bertz CT molecular complexity index is 1570. The van der Waals surface area contributed by atoms with E-state index in [4.69, 9.17) is 4.42 Å². The molecule has 5 heterocycles. The van der Waals surface area contributed by atoms with E-state index in [1.165, 1.54) is 16.7 Å². The second-order valence-corrected chi connectivity index (χ2v) is 8.82. The maximum Gasteiger partial charge on any atom is 0.347 e. The molecule has 10 nitrogen and oxygen atoms in total. The number of hydrogen-bond donors (Lipinski definition) is 1. The number of H-pyrrole nitrogens is 1. The molecule has 3 aromatic heterocycles. The molecule has 172 valence electrons. The van der Waals surface area contributed by atoms with Crippen LogP contribution in [0.3, 0.4) is 0 Å². The molecule has 2 aliphatic rings. The number of piperidine rings is 1. The number of carbonyl (C=O) groups is 2. The molecule has 6 rings (SSSR count). The van der Waals surface area contributed by atoms with Gasteiger partial charge in [0.25, 0.3) is 11.8 Å². The van der Waals surface area contributed by atoms with Gasteiger partial charge in [0.2, 0.25) is 0 Å². The highest BCUT2D eigenvalue weighted by Crippen LogP contribution is 2.32. The van der Waals surface area contributed by atoms with Crippen molar-refractivity contribution in [2.24, 2.45) is 5.92 Å². The van der Waals surface area contributed by atoms with Crippen molar-refractivity contribution in [1.29, 1.82) is 0 Å². The highest BCUT2D eigenvalue weighted by molar-refractivity contribution is 5.95. The molecule has 0 aliphatic carbocycles. The topological polar surface area (TPSA) is 121 Å². The largest absolute Gasteiger partial charge is 0.451 e. The number of rotatable bonds is 2. The van der Waals surface area contributed by atoms with Crippen molar-refractivity contribution in [3.63, 3.8) is 0 Å². The van der Waals surface area contributed by atoms with Gasteiger partial charge in [-0.3, -0.25) is 14.4 Å². The molecule has 10 heteroatoms. The van der Waals surface area contributed by atoms with E-state index in [9.17, 15) is 19.2 Å². The molecule has 0 spiro atoms. The van der Waals surface area contributed by atoms with Crippen LogP contribution in [0, 0.1) is 5.92 Å². The van der Waals surface area contributed by atoms with E-state index in [1.54, 1.807) is 46.2 Å². The monoisotopic (exact) mass is 459 g/mol. The molecule has 0 bridgehead atoms. The minimum atomic E-state index is -0.409. The van der Waals surface area contributed by atoms with Crippen molar-refractivity contribution in [2.45, 2.75) is 18.9 Å². The molecule has 2 amide bonds. The van der Waals surface area contributed by atoms with Crippen LogP contribution < -0.4 is 11.1 Å². The van der Waals surface area contributed by atoms with Crippen LogP contribution in [0.2, 0.25) is 0 Å². The number of carbonyl (C=O) groups excluding carboxylic acids is 2. The predicted molar refractivity (Wildman–Crippen MR) is 122 cm³/mol. The zero-order valence-corrected chi connectivity index (χ0v) is 18.1. The molecular formula is C24H21N5O5. The third kappa shape index (κ3) is 3.21. The van der Waals surface area contributed by atoms with Crippen LogP contribution in [-0.2, 0) is 0 Å². The summed E-state index contributed by atoms with van der Waals surface area (Å²) in [6.45, 7) is 1.44. The second kappa shape index (κ2) is 7.68. The first kappa shape index (κ1) is 20.4. The summed E-state index contributed by atoms with van der Waals surface area (Å²) >= 11 is 0. The average Bonchev–Trinajstić information content (AvgIpc) is 3.46. The van der Waals surface area contributed by atoms with E-state index < -0.39 is 5.69 Å². The fourth-order valence-electron chi connectivity index (χ4n) is 5.16. The smallest absolute Gasteiger partial charge is 0.347 e. The zero-order chi connectivity index (χ0) is 23.4. The lowest BCUT2D eigenvalue weighted by Gasteiger charge is -2.36. The fraction of sp³-hybridized carbons (Fsp3) is 0.292. The first-order valence-electron chi connectivity index (χ1n) is 11.2. The van der Waals surface area contributed by atoms with E-state index in [0.29, 0.717) is 41.8 Å². The number of hydrogen-bond acceptors (Lipinski definition) is 6. The number of nitrogens with zero attached hydrogens (tertiary/aromatic N) is 4.